The maximum Gasteiger partial charge on any atom is 0.329 e. The first-order chi connectivity index (χ1) is 3.31. The first-order valence-corrected chi connectivity index (χ1v) is 2.11. The Hall–Kier alpha value is -0.480. The van der Waals surface area contributed by atoms with Gasteiger partial charge >= 0.3 is 5.97 Å². The number of nitrogens with two attached hydrogens (primary N) is 1. The maximum atomic E-state index is 9.97. The van der Waals surface area contributed by atoms with Crippen LogP contribution in [0, 0.1) is 0 Å². The topological polar surface area (TPSA) is 52.3 Å². The summed E-state index contributed by atoms with van der Waals surface area (Å²) in [6.45, 7) is 0. The smallest absolute Gasteiger partial charge is 0.329 e. The minimum absolute atomic E-state index is 0.103. The number of rotatable bonds is 2. The second-order valence-corrected chi connectivity index (χ2v) is 1.19. The van der Waals surface area contributed by atoms with Crippen LogP contribution in [0.15, 0.2) is 0 Å². The van der Waals surface area contributed by atoms with Gasteiger partial charge in [0.15, 0.2) is 0 Å². The summed E-state index contributed by atoms with van der Waals surface area (Å²) in [4.78, 5) is 13.7. The highest BCUT2D eigenvalue weighted by atomic mass is 32.1. The standard InChI is InChI=1S/C3H5NO2S/c4-6-3(5)1-2-7/h2H,1,4H2. The summed E-state index contributed by atoms with van der Waals surface area (Å²) < 4.78 is 0. The Morgan fingerprint density at radius 2 is 2.57 bits per heavy atom. The third-order valence-electron chi connectivity index (χ3n) is 0.381. The Labute approximate surface area is 46.4 Å². The highest BCUT2D eigenvalue weighted by Gasteiger charge is 1.92. The fourth-order valence-corrected chi connectivity index (χ4v) is 0.252. The summed E-state index contributed by atoms with van der Waals surface area (Å²) in [6, 6.07) is 0. The number of carbonyl (C=O) groups is 1. The van der Waals surface area contributed by atoms with Crippen molar-refractivity contribution in [3.8, 4) is 0 Å². The molecular weight excluding hydrogens is 114 g/mol. The van der Waals surface area contributed by atoms with E-state index in [4.69, 9.17) is 0 Å². The van der Waals surface area contributed by atoms with E-state index in [0.29, 0.717) is 0 Å². The third-order valence-corrected chi connectivity index (χ3v) is 0.548. The van der Waals surface area contributed by atoms with Crippen molar-refractivity contribution < 1.29 is 9.63 Å². The van der Waals surface area contributed by atoms with Crippen LogP contribution in [0.2, 0.25) is 0 Å². The molecule has 0 aliphatic carbocycles. The van der Waals surface area contributed by atoms with Crippen molar-refractivity contribution in [1.82, 2.24) is 0 Å². The molecular formula is C3H5NO2S. The van der Waals surface area contributed by atoms with Gasteiger partial charge in [-0.2, -0.15) is 5.90 Å². The molecule has 0 fully saturated rings. The van der Waals surface area contributed by atoms with Gasteiger partial charge in [-0.25, -0.2) is 0 Å². The van der Waals surface area contributed by atoms with Crippen LogP contribution in [0.1, 0.15) is 6.42 Å². The maximum absolute atomic E-state index is 9.97. The molecule has 0 unspecified atom stereocenters. The molecule has 0 saturated heterocycles. The van der Waals surface area contributed by atoms with Crippen molar-refractivity contribution in [1.29, 1.82) is 0 Å². The molecule has 0 aliphatic rings. The van der Waals surface area contributed by atoms with Gasteiger partial charge in [-0.05, 0) is 5.37 Å². The normalized spacial score (nSPS) is 7.57. The quantitative estimate of drug-likeness (QED) is 0.404. The van der Waals surface area contributed by atoms with E-state index in [1.54, 1.807) is 0 Å². The Morgan fingerprint density at radius 3 is 2.71 bits per heavy atom. The van der Waals surface area contributed by atoms with Crippen LogP contribution in [0.5, 0.6) is 0 Å². The van der Waals surface area contributed by atoms with Crippen molar-refractivity contribution in [3.05, 3.63) is 0 Å². The van der Waals surface area contributed by atoms with Crippen molar-refractivity contribution in [2.24, 2.45) is 5.90 Å². The average molecular weight is 119 g/mol. The summed E-state index contributed by atoms with van der Waals surface area (Å²) in [6.07, 6.45) is 0.103. The molecule has 7 heavy (non-hydrogen) atoms. The third kappa shape index (κ3) is 3.35. The molecule has 0 heterocycles. The second kappa shape index (κ2) is 3.70. The van der Waals surface area contributed by atoms with Gasteiger partial charge in [-0.15, -0.1) is 0 Å². The molecule has 40 valence electrons. The first-order valence-electron chi connectivity index (χ1n) is 1.64. The van der Waals surface area contributed by atoms with Crippen LogP contribution < -0.4 is 5.90 Å². The van der Waals surface area contributed by atoms with E-state index in [2.05, 4.69) is 23.0 Å². The van der Waals surface area contributed by atoms with Crippen molar-refractivity contribution >= 4 is 23.6 Å². The molecule has 0 atom stereocenters. The van der Waals surface area contributed by atoms with Crippen LogP contribution >= 0.6 is 12.2 Å². The van der Waals surface area contributed by atoms with E-state index in [1.807, 2.05) is 0 Å². The van der Waals surface area contributed by atoms with Gasteiger partial charge in [-0.1, -0.05) is 12.2 Å². The largest absolute Gasteiger partial charge is 0.373 e. The van der Waals surface area contributed by atoms with Gasteiger partial charge in [0.25, 0.3) is 0 Å². The summed E-state index contributed by atoms with van der Waals surface area (Å²) >= 11 is 4.31. The van der Waals surface area contributed by atoms with Crippen LogP contribution in [-0.2, 0) is 9.63 Å². The molecule has 3 nitrogen and oxygen atoms in total. The molecule has 0 rings (SSSR count). The van der Waals surface area contributed by atoms with Gasteiger partial charge in [0.2, 0.25) is 0 Å². The van der Waals surface area contributed by atoms with E-state index in [9.17, 15) is 4.79 Å². The predicted molar refractivity (Wildman–Crippen MR) is 28.6 cm³/mol. The molecule has 2 N–H and O–H groups in total. The molecule has 0 bridgehead atoms. The van der Waals surface area contributed by atoms with Gasteiger partial charge in [0, 0.05) is 0 Å². The number of hydrogen-bond acceptors (Lipinski definition) is 4. The number of hydrogen-bond donors (Lipinski definition) is 1. The minimum Gasteiger partial charge on any atom is -0.373 e. The highest BCUT2D eigenvalue weighted by molar-refractivity contribution is 7.79. The van der Waals surface area contributed by atoms with Crippen molar-refractivity contribution in [3.63, 3.8) is 0 Å². The lowest BCUT2D eigenvalue weighted by Crippen LogP contribution is -2.08. The molecule has 0 spiro atoms. The predicted octanol–water partition coefficient (Wildman–Crippen LogP) is -0.207. The molecule has 4 heteroatoms. The van der Waals surface area contributed by atoms with Gasteiger partial charge < -0.3 is 4.84 Å². The summed E-state index contributed by atoms with van der Waals surface area (Å²) in [5.41, 5.74) is 0. The molecule has 0 saturated carbocycles. The molecule has 0 aromatic rings. The van der Waals surface area contributed by atoms with Crippen molar-refractivity contribution in [2.75, 3.05) is 0 Å². The van der Waals surface area contributed by atoms with Crippen LogP contribution in [0.4, 0.5) is 0 Å². The monoisotopic (exact) mass is 119 g/mol. The zero-order valence-electron chi connectivity index (χ0n) is 3.59. The van der Waals surface area contributed by atoms with E-state index < -0.39 is 5.97 Å². The molecule has 0 aromatic carbocycles. The SMILES string of the molecule is NOC(=O)CC=S. The highest BCUT2D eigenvalue weighted by Crippen LogP contribution is 1.74. The zero-order chi connectivity index (χ0) is 5.70. The Bertz CT molecular complexity index is 83.0. The van der Waals surface area contributed by atoms with E-state index in [-0.39, 0.29) is 6.42 Å². The fraction of sp³-hybridized carbons (Fsp3) is 0.333. The second-order valence-electron chi connectivity index (χ2n) is 0.861. The van der Waals surface area contributed by atoms with Gasteiger partial charge in [0.1, 0.15) is 0 Å². The minimum atomic E-state index is -0.505. The van der Waals surface area contributed by atoms with Gasteiger partial charge in [0.05, 0.1) is 6.42 Å². The lowest BCUT2D eigenvalue weighted by Gasteiger charge is -1.86. The van der Waals surface area contributed by atoms with Crippen LogP contribution in [0.3, 0.4) is 0 Å². The van der Waals surface area contributed by atoms with E-state index >= 15 is 0 Å². The Kier molecular flexibility index (Phi) is 3.45. The first kappa shape index (κ1) is 6.52. The van der Waals surface area contributed by atoms with Crippen molar-refractivity contribution in [2.45, 2.75) is 6.42 Å². The fourth-order valence-electron chi connectivity index (χ4n) is 0.116. The Morgan fingerprint density at radius 1 is 2.00 bits per heavy atom. The van der Waals surface area contributed by atoms with E-state index in [1.165, 1.54) is 5.37 Å². The lowest BCUT2D eigenvalue weighted by atomic mass is 10.5. The molecule has 0 radical (unpaired) electrons. The molecule has 0 aliphatic heterocycles. The number of thiocarbonyl (C=S) groups is 1. The molecule has 0 amide bonds. The van der Waals surface area contributed by atoms with E-state index in [0.717, 1.165) is 0 Å². The molecule has 0 aromatic heterocycles. The summed E-state index contributed by atoms with van der Waals surface area (Å²) in [5.74, 6) is 3.94. The Balaban J connectivity index is 3.17. The summed E-state index contributed by atoms with van der Waals surface area (Å²) in [5, 5.41) is 1.26. The average Bonchev–Trinajstić information content (AvgIpc) is 1.68. The van der Waals surface area contributed by atoms with Crippen LogP contribution in [0.25, 0.3) is 0 Å². The lowest BCUT2D eigenvalue weighted by molar-refractivity contribution is -0.142. The summed E-state index contributed by atoms with van der Waals surface area (Å²) in [7, 11) is 0. The number of carbonyl (C=O) groups excluding carboxylic acids is 1. The zero-order valence-corrected chi connectivity index (χ0v) is 4.40. The van der Waals surface area contributed by atoms with Gasteiger partial charge in [-0.3, -0.25) is 4.79 Å². The van der Waals surface area contributed by atoms with Crippen LogP contribution in [-0.4, -0.2) is 11.3 Å².